The quantitative estimate of drug-likeness (QED) is 0.562. The Morgan fingerprint density at radius 1 is 1.13 bits per heavy atom. The van der Waals surface area contributed by atoms with E-state index in [9.17, 15) is 14.4 Å². The number of thiazole rings is 1. The van der Waals surface area contributed by atoms with Gasteiger partial charge in [-0.05, 0) is 57.4 Å². The third-order valence-corrected chi connectivity index (χ3v) is 4.62. The van der Waals surface area contributed by atoms with E-state index in [1.807, 2.05) is 12.1 Å². The molecule has 0 fully saturated rings. The van der Waals surface area contributed by atoms with Gasteiger partial charge in [-0.15, -0.1) is 0 Å². The molecule has 1 heterocycles. The van der Waals surface area contributed by atoms with Gasteiger partial charge in [-0.25, -0.2) is 14.6 Å². The summed E-state index contributed by atoms with van der Waals surface area (Å²) in [6.07, 6.45) is 3.23. The van der Waals surface area contributed by atoms with Gasteiger partial charge in [0.2, 0.25) is 5.91 Å². The Hall–Kier alpha value is -3.20. The normalized spacial score (nSPS) is 11.3. The predicted octanol–water partition coefficient (Wildman–Crippen LogP) is 4.33. The van der Waals surface area contributed by atoms with Crippen LogP contribution in [0.5, 0.6) is 0 Å². The highest BCUT2D eigenvalue weighted by Gasteiger charge is 2.16. The second-order valence-electron chi connectivity index (χ2n) is 7.51. The van der Waals surface area contributed by atoms with Crippen LogP contribution in [0.15, 0.2) is 30.3 Å². The first-order valence-corrected chi connectivity index (χ1v) is 10.1. The van der Waals surface area contributed by atoms with Crippen molar-refractivity contribution < 1.29 is 24.2 Å². The Morgan fingerprint density at radius 2 is 1.80 bits per heavy atom. The van der Waals surface area contributed by atoms with E-state index in [2.05, 4.69) is 15.6 Å². The van der Waals surface area contributed by atoms with Crippen molar-refractivity contribution in [2.45, 2.75) is 46.1 Å². The zero-order valence-corrected chi connectivity index (χ0v) is 18.1. The van der Waals surface area contributed by atoms with Gasteiger partial charge in [-0.2, -0.15) is 0 Å². The van der Waals surface area contributed by atoms with Crippen molar-refractivity contribution in [2.24, 2.45) is 0 Å². The van der Waals surface area contributed by atoms with Crippen molar-refractivity contribution in [1.82, 2.24) is 4.98 Å². The molecule has 0 unspecified atom stereocenters. The average Bonchev–Trinajstić information content (AvgIpc) is 2.98. The van der Waals surface area contributed by atoms with Crippen LogP contribution in [0.25, 0.3) is 6.08 Å². The summed E-state index contributed by atoms with van der Waals surface area (Å²) in [5.74, 6) is -1.29. The topological polar surface area (TPSA) is 118 Å². The number of anilines is 2. The Morgan fingerprint density at radius 3 is 2.37 bits per heavy atom. The minimum absolute atomic E-state index is 0.239. The number of benzene rings is 1. The van der Waals surface area contributed by atoms with Crippen LogP contribution in [0.3, 0.4) is 0 Å². The molecular weight excluding hydrogens is 406 g/mol. The molecule has 0 spiro atoms. The second-order valence-corrected chi connectivity index (χ2v) is 8.54. The summed E-state index contributed by atoms with van der Waals surface area (Å²) in [4.78, 5) is 39.0. The van der Waals surface area contributed by atoms with Gasteiger partial charge in [0.15, 0.2) is 5.13 Å². The molecule has 0 atom stereocenters. The molecule has 0 saturated carbocycles. The van der Waals surface area contributed by atoms with Gasteiger partial charge in [0.05, 0.1) is 10.6 Å². The number of aliphatic carboxylic acids is 1. The Kier molecular flexibility index (Phi) is 7.71. The predicted molar refractivity (Wildman–Crippen MR) is 117 cm³/mol. The van der Waals surface area contributed by atoms with Crippen molar-refractivity contribution >= 4 is 46.2 Å². The summed E-state index contributed by atoms with van der Waals surface area (Å²) in [6, 6.07) is 7.35. The number of carboxylic acid groups (broad SMARTS) is 1. The van der Waals surface area contributed by atoms with Crippen molar-refractivity contribution in [2.75, 3.05) is 10.6 Å². The molecule has 0 saturated heterocycles. The summed E-state index contributed by atoms with van der Waals surface area (Å²) in [5.41, 5.74) is 1.78. The molecule has 3 N–H and O–H groups in total. The van der Waals surface area contributed by atoms with Gasteiger partial charge in [-0.1, -0.05) is 23.5 Å². The van der Waals surface area contributed by atoms with Crippen LogP contribution >= 0.6 is 11.3 Å². The zero-order chi connectivity index (χ0) is 22.3. The molecule has 9 heteroatoms. The highest BCUT2D eigenvalue weighted by atomic mass is 32.1. The molecule has 30 heavy (non-hydrogen) atoms. The van der Waals surface area contributed by atoms with Gasteiger partial charge in [0, 0.05) is 18.7 Å². The average molecular weight is 432 g/mol. The SMILES string of the molecule is CC(=O)Nc1nc(CCc2ccc(NC(=O)OC(C)(C)C)cc2)c(C=CC(=O)O)s1. The molecule has 0 aliphatic carbocycles. The maximum absolute atomic E-state index is 11.8. The fourth-order valence-electron chi connectivity index (χ4n) is 2.46. The molecule has 1 aromatic carbocycles. The first-order valence-electron chi connectivity index (χ1n) is 9.29. The maximum Gasteiger partial charge on any atom is 0.412 e. The second kappa shape index (κ2) is 10.0. The fourth-order valence-corrected chi connectivity index (χ4v) is 3.42. The molecule has 160 valence electrons. The Balaban J connectivity index is 2.03. The third-order valence-electron chi connectivity index (χ3n) is 3.64. The van der Waals surface area contributed by atoms with Crippen LogP contribution in [-0.4, -0.2) is 33.7 Å². The molecule has 0 radical (unpaired) electrons. The maximum atomic E-state index is 11.8. The Bertz CT molecular complexity index is 943. The van der Waals surface area contributed by atoms with E-state index in [4.69, 9.17) is 9.84 Å². The molecule has 0 aliphatic heterocycles. The number of carboxylic acids is 1. The molecule has 0 aliphatic rings. The van der Waals surface area contributed by atoms with Gasteiger partial charge in [0.1, 0.15) is 5.60 Å². The zero-order valence-electron chi connectivity index (χ0n) is 17.3. The third kappa shape index (κ3) is 8.04. The number of carbonyl (C=O) groups excluding carboxylic acids is 2. The van der Waals surface area contributed by atoms with Crippen LogP contribution in [0, 0.1) is 0 Å². The number of aromatic nitrogens is 1. The molecular formula is C21H25N3O5S. The van der Waals surface area contributed by atoms with Crippen LogP contribution in [0.4, 0.5) is 15.6 Å². The van der Waals surface area contributed by atoms with Gasteiger partial charge < -0.3 is 15.2 Å². The van der Waals surface area contributed by atoms with Gasteiger partial charge in [-0.3, -0.25) is 10.1 Å². The Labute approximate surface area is 179 Å². The summed E-state index contributed by atoms with van der Waals surface area (Å²) in [7, 11) is 0. The monoisotopic (exact) mass is 431 g/mol. The van der Waals surface area contributed by atoms with Crippen LogP contribution in [-0.2, 0) is 27.2 Å². The van der Waals surface area contributed by atoms with Crippen molar-refractivity contribution in [3.63, 3.8) is 0 Å². The highest BCUT2D eigenvalue weighted by Crippen LogP contribution is 2.26. The number of nitrogens with one attached hydrogen (secondary N) is 2. The van der Waals surface area contributed by atoms with E-state index in [0.29, 0.717) is 34.2 Å². The van der Waals surface area contributed by atoms with Crippen LogP contribution < -0.4 is 10.6 Å². The van der Waals surface area contributed by atoms with Gasteiger partial charge in [0.25, 0.3) is 0 Å². The van der Waals surface area contributed by atoms with E-state index in [1.54, 1.807) is 32.9 Å². The van der Waals surface area contributed by atoms with E-state index >= 15 is 0 Å². The summed E-state index contributed by atoms with van der Waals surface area (Å²) >= 11 is 1.22. The molecule has 2 amide bonds. The van der Waals surface area contributed by atoms with E-state index < -0.39 is 17.7 Å². The van der Waals surface area contributed by atoms with Crippen LogP contribution in [0.1, 0.15) is 43.8 Å². The number of amides is 2. The smallest absolute Gasteiger partial charge is 0.412 e. The molecule has 1 aromatic heterocycles. The largest absolute Gasteiger partial charge is 0.478 e. The molecule has 2 aromatic rings. The summed E-state index contributed by atoms with van der Waals surface area (Å²) in [5, 5.41) is 14.6. The summed E-state index contributed by atoms with van der Waals surface area (Å²) < 4.78 is 5.22. The number of ether oxygens (including phenoxy) is 1. The van der Waals surface area contributed by atoms with Gasteiger partial charge >= 0.3 is 12.1 Å². The minimum atomic E-state index is -1.05. The number of hydrogen-bond donors (Lipinski definition) is 3. The van der Waals surface area contributed by atoms with Crippen molar-refractivity contribution in [3.05, 3.63) is 46.5 Å². The molecule has 2 rings (SSSR count). The molecule has 0 bridgehead atoms. The van der Waals surface area contributed by atoms with Crippen molar-refractivity contribution in [3.8, 4) is 0 Å². The first kappa shape index (κ1) is 23.1. The summed E-state index contributed by atoms with van der Waals surface area (Å²) in [6.45, 7) is 6.78. The lowest BCUT2D eigenvalue weighted by Gasteiger charge is -2.19. The number of rotatable bonds is 7. The minimum Gasteiger partial charge on any atom is -0.478 e. The standard InChI is InChI=1S/C21H25N3O5S/c1-13(25)22-19-24-16(17(30-19)11-12-18(26)27)10-7-14-5-8-15(9-6-14)23-20(28)29-21(2,3)4/h5-6,8-9,11-12H,7,10H2,1-4H3,(H,23,28)(H,26,27)(H,22,24,25). The molecule has 8 nitrogen and oxygen atoms in total. The van der Waals surface area contributed by atoms with E-state index in [0.717, 1.165) is 11.6 Å². The number of carbonyl (C=O) groups is 3. The number of aryl methyl sites for hydroxylation is 2. The lowest BCUT2D eigenvalue weighted by atomic mass is 10.1. The fraction of sp³-hybridized carbons (Fsp3) is 0.333. The number of hydrogen-bond acceptors (Lipinski definition) is 6. The van der Waals surface area contributed by atoms with Crippen LogP contribution in [0.2, 0.25) is 0 Å². The lowest BCUT2D eigenvalue weighted by molar-refractivity contribution is -0.131. The van der Waals surface area contributed by atoms with E-state index in [1.165, 1.54) is 24.3 Å². The van der Waals surface area contributed by atoms with Crippen molar-refractivity contribution in [1.29, 1.82) is 0 Å². The highest BCUT2D eigenvalue weighted by molar-refractivity contribution is 7.16. The lowest BCUT2D eigenvalue weighted by Crippen LogP contribution is -2.27. The van der Waals surface area contributed by atoms with E-state index in [-0.39, 0.29) is 5.91 Å². The first-order chi connectivity index (χ1) is 14.0. The number of nitrogens with zero attached hydrogens (tertiary/aromatic N) is 1.